The fraction of sp³-hybridized carbons (Fsp3) is 0.300. The van der Waals surface area contributed by atoms with Crippen LogP contribution < -0.4 is 10.6 Å². The molecule has 2 N–H and O–H groups in total. The molecule has 0 heterocycles. The highest BCUT2D eigenvalue weighted by Crippen LogP contribution is 2.65. The molecule has 9 heteroatoms. The third-order valence-corrected chi connectivity index (χ3v) is 6.47. The van der Waals surface area contributed by atoms with Gasteiger partial charge in [-0.1, -0.05) is 29.3 Å². The summed E-state index contributed by atoms with van der Waals surface area (Å²) >= 11 is 24.7. The molecule has 2 unspecified atom stereocenters. The molecule has 0 spiro atoms. The van der Waals surface area contributed by atoms with E-state index in [1.807, 2.05) is 0 Å². The first-order chi connectivity index (χ1) is 13.6. The van der Waals surface area contributed by atoms with Crippen molar-refractivity contribution >= 4 is 63.9 Å². The number of nitrogens with one attached hydrogen (secondary N) is 2. The van der Waals surface area contributed by atoms with Crippen molar-refractivity contribution in [3.05, 3.63) is 62.9 Å². The summed E-state index contributed by atoms with van der Waals surface area (Å²) in [4.78, 5) is 25.0. The molecule has 0 bridgehead atoms. The summed E-state index contributed by atoms with van der Waals surface area (Å²) in [6, 6.07) is 7.26. The Morgan fingerprint density at radius 1 is 1.17 bits per heavy atom. The number of benzene rings is 2. The van der Waals surface area contributed by atoms with E-state index >= 15 is 0 Å². The summed E-state index contributed by atoms with van der Waals surface area (Å²) in [5, 5.41) is 5.65. The molecule has 0 aromatic heterocycles. The van der Waals surface area contributed by atoms with Gasteiger partial charge in [0.2, 0.25) is 5.91 Å². The van der Waals surface area contributed by atoms with E-state index in [4.69, 9.17) is 46.4 Å². The van der Waals surface area contributed by atoms with E-state index in [0.29, 0.717) is 28.4 Å². The molecule has 3 rings (SSSR count). The lowest BCUT2D eigenvalue weighted by Crippen LogP contribution is -2.24. The van der Waals surface area contributed by atoms with E-state index in [9.17, 15) is 14.0 Å². The Hall–Kier alpha value is -1.53. The molecular formula is C20H17Cl4FN2O2. The number of hydrogen-bond donors (Lipinski definition) is 2. The normalized spacial score (nSPS) is 19.6. The number of halogens is 5. The SMILES string of the molecule is CCNC(=O)c1cc(NC(=O)C2C(c3ccc(F)c(Cl)c3)C2(Cl)Cl)cc(C)c1Cl. The highest BCUT2D eigenvalue weighted by molar-refractivity contribution is 6.53. The van der Waals surface area contributed by atoms with E-state index in [-0.39, 0.29) is 16.5 Å². The molecule has 2 aromatic carbocycles. The largest absolute Gasteiger partial charge is 0.352 e. The fourth-order valence-corrected chi connectivity index (χ4v) is 4.47. The Bertz CT molecular complexity index is 997. The van der Waals surface area contributed by atoms with Crippen molar-refractivity contribution in [3.8, 4) is 0 Å². The highest BCUT2D eigenvalue weighted by Gasteiger charge is 2.67. The summed E-state index contributed by atoms with van der Waals surface area (Å²) < 4.78 is 12.1. The average Bonchev–Trinajstić information content (AvgIpc) is 3.22. The maximum absolute atomic E-state index is 13.4. The molecule has 29 heavy (non-hydrogen) atoms. The van der Waals surface area contributed by atoms with E-state index in [1.165, 1.54) is 24.3 Å². The van der Waals surface area contributed by atoms with Crippen molar-refractivity contribution in [1.82, 2.24) is 5.32 Å². The van der Waals surface area contributed by atoms with Crippen LogP contribution in [-0.4, -0.2) is 22.7 Å². The summed E-state index contributed by atoms with van der Waals surface area (Å²) in [5.74, 6) is -2.65. The Labute approximate surface area is 187 Å². The molecular weight excluding hydrogens is 461 g/mol. The van der Waals surface area contributed by atoms with Crippen molar-refractivity contribution in [3.63, 3.8) is 0 Å². The van der Waals surface area contributed by atoms with E-state index in [0.717, 1.165) is 0 Å². The van der Waals surface area contributed by atoms with Gasteiger partial charge in [-0.25, -0.2) is 4.39 Å². The van der Waals surface area contributed by atoms with Crippen molar-refractivity contribution in [2.45, 2.75) is 24.1 Å². The maximum atomic E-state index is 13.4. The first kappa shape index (κ1) is 22.2. The van der Waals surface area contributed by atoms with Crippen LogP contribution in [0.2, 0.25) is 10.0 Å². The van der Waals surface area contributed by atoms with Crippen molar-refractivity contribution < 1.29 is 14.0 Å². The molecule has 1 saturated carbocycles. The van der Waals surface area contributed by atoms with Crippen LogP contribution >= 0.6 is 46.4 Å². The number of carbonyl (C=O) groups is 2. The predicted octanol–water partition coefficient (Wildman–Crippen LogP) is 5.72. The van der Waals surface area contributed by atoms with Gasteiger partial charge in [0, 0.05) is 18.2 Å². The first-order valence-electron chi connectivity index (χ1n) is 8.79. The van der Waals surface area contributed by atoms with Gasteiger partial charge in [-0.05, 0) is 49.2 Å². The Morgan fingerprint density at radius 3 is 2.48 bits per heavy atom. The molecule has 0 radical (unpaired) electrons. The van der Waals surface area contributed by atoms with Crippen LogP contribution in [-0.2, 0) is 4.79 Å². The third kappa shape index (κ3) is 4.33. The molecule has 0 aliphatic heterocycles. The molecule has 154 valence electrons. The topological polar surface area (TPSA) is 58.2 Å². The Morgan fingerprint density at radius 2 is 1.86 bits per heavy atom. The summed E-state index contributed by atoms with van der Waals surface area (Å²) in [6.07, 6.45) is 0. The smallest absolute Gasteiger partial charge is 0.252 e. The van der Waals surface area contributed by atoms with E-state index in [2.05, 4.69) is 10.6 Å². The average molecular weight is 478 g/mol. The Balaban J connectivity index is 1.83. The van der Waals surface area contributed by atoms with E-state index < -0.39 is 27.9 Å². The van der Waals surface area contributed by atoms with E-state index in [1.54, 1.807) is 19.9 Å². The number of rotatable bonds is 5. The van der Waals surface area contributed by atoms with Crippen LogP contribution in [0.4, 0.5) is 10.1 Å². The van der Waals surface area contributed by atoms with Crippen molar-refractivity contribution in [1.29, 1.82) is 0 Å². The van der Waals surface area contributed by atoms with Gasteiger partial charge in [0.05, 0.1) is 21.5 Å². The van der Waals surface area contributed by atoms with Crippen molar-refractivity contribution in [2.24, 2.45) is 5.92 Å². The Kier molecular flexibility index (Phi) is 6.35. The van der Waals surface area contributed by atoms with Gasteiger partial charge in [0.25, 0.3) is 5.91 Å². The minimum Gasteiger partial charge on any atom is -0.352 e. The maximum Gasteiger partial charge on any atom is 0.252 e. The molecule has 2 amide bonds. The molecule has 1 aliphatic rings. The lowest BCUT2D eigenvalue weighted by molar-refractivity contribution is -0.117. The molecule has 1 fully saturated rings. The van der Waals surface area contributed by atoms with Crippen LogP contribution in [0.3, 0.4) is 0 Å². The zero-order chi connectivity index (χ0) is 21.5. The molecule has 1 aliphatic carbocycles. The lowest BCUT2D eigenvalue weighted by atomic mass is 10.1. The number of aryl methyl sites for hydroxylation is 1. The van der Waals surface area contributed by atoms with Gasteiger partial charge in [-0.2, -0.15) is 0 Å². The molecule has 0 saturated heterocycles. The molecule has 4 nitrogen and oxygen atoms in total. The van der Waals surface area contributed by atoms with Gasteiger partial charge >= 0.3 is 0 Å². The zero-order valence-corrected chi connectivity index (χ0v) is 18.5. The number of amides is 2. The van der Waals surface area contributed by atoms with Gasteiger partial charge in [0.1, 0.15) is 10.2 Å². The zero-order valence-electron chi connectivity index (χ0n) is 15.5. The second-order valence-electron chi connectivity index (χ2n) is 6.81. The van der Waals surface area contributed by atoms with Crippen LogP contribution in [0.1, 0.15) is 34.3 Å². The minimum absolute atomic E-state index is 0.0717. The lowest BCUT2D eigenvalue weighted by Gasteiger charge is -2.12. The fourth-order valence-electron chi connectivity index (χ4n) is 3.26. The quantitative estimate of drug-likeness (QED) is 0.541. The second kappa shape index (κ2) is 8.31. The molecule has 2 atom stereocenters. The number of anilines is 1. The van der Waals surface area contributed by atoms with Crippen LogP contribution in [0.5, 0.6) is 0 Å². The second-order valence-corrected chi connectivity index (χ2v) is 9.04. The number of hydrogen-bond acceptors (Lipinski definition) is 2. The van der Waals surface area contributed by atoms with Crippen LogP contribution in [0.15, 0.2) is 30.3 Å². The van der Waals surface area contributed by atoms with Crippen molar-refractivity contribution in [2.75, 3.05) is 11.9 Å². The summed E-state index contributed by atoms with van der Waals surface area (Å²) in [7, 11) is 0. The minimum atomic E-state index is -1.35. The van der Waals surface area contributed by atoms with Gasteiger partial charge < -0.3 is 10.6 Å². The number of carbonyl (C=O) groups excluding carboxylic acids is 2. The van der Waals surface area contributed by atoms with Gasteiger partial charge in [0.15, 0.2) is 0 Å². The summed E-state index contributed by atoms with van der Waals surface area (Å²) in [5.41, 5.74) is 1.85. The number of alkyl halides is 2. The highest BCUT2D eigenvalue weighted by atomic mass is 35.5. The van der Waals surface area contributed by atoms with Crippen LogP contribution in [0, 0.1) is 18.7 Å². The predicted molar refractivity (Wildman–Crippen MR) is 115 cm³/mol. The van der Waals surface area contributed by atoms with Gasteiger partial charge in [-0.3, -0.25) is 9.59 Å². The monoisotopic (exact) mass is 476 g/mol. The third-order valence-electron chi connectivity index (χ3n) is 4.74. The first-order valence-corrected chi connectivity index (χ1v) is 10.3. The standard InChI is InChI=1S/C20H17Cl4FN2O2/c1-3-26-18(28)12-8-11(6-9(2)17(12)22)27-19(29)16-15(20(16,23)24)10-4-5-14(25)13(21)7-10/h4-8,15-16H,3H2,1-2H3,(H,26,28)(H,27,29). The molecule has 2 aromatic rings. The summed E-state index contributed by atoms with van der Waals surface area (Å²) in [6.45, 7) is 3.96. The van der Waals surface area contributed by atoms with Crippen LogP contribution in [0.25, 0.3) is 0 Å². The van der Waals surface area contributed by atoms with Gasteiger partial charge in [-0.15, -0.1) is 23.2 Å².